The van der Waals surface area contributed by atoms with E-state index in [1.54, 1.807) is 18.8 Å². The molecule has 0 aromatic heterocycles. The molecule has 5 atom stereocenters. The van der Waals surface area contributed by atoms with Crippen molar-refractivity contribution in [3.05, 3.63) is 0 Å². The number of β-amino-alcohol motifs (C(OH)–C–C–N with tert-alkyl or cyclic N) is 1. The number of amides is 3. The molecule has 0 saturated carbocycles. The van der Waals surface area contributed by atoms with Crippen molar-refractivity contribution >= 4 is 29.5 Å². The highest BCUT2D eigenvalue weighted by Gasteiger charge is 2.76. The number of rotatable bonds is 5. The molecule has 3 heterocycles. The van der Waals surface area contributed by atoms with E-state index in [1.165, 1.54) is 4.90 Å². The fourth-order valence-electron chi connectivity index (χ4n) is 4.99. The fraction of sp³-hybridized carbons (Fsp3) is 0.824. The highest BCUT2D eigenvalue weighted by molar-refractivity contribution is 8.02. The van der Waals surface area contributed by atoms with Gasteiger partial charge in [-0.2, -0.15) is 0 Å². The van der Waals surface area contributed by atoms with E-state index in [4.69, 9.17) is 0 Å². The van der Waals surface area contributed by atoms with Crippen LogP contribution in [0.15, 0.2) is 0 Å². The second kappa shape index (κ2) is 6.16. The summed E-state index contributed by atoms with van der Waals surface area (Å²) < 4.78 is -0.917. The topological polar surface area (TPSA) is 98.7 Å². The lowest BCUT2D eigenvalue weighted by atomic mass is 9.66. The van der Waals surface area contributed by atoms with Crippen molar-refractivity contribution < 1.29 is 19.5 Å². The molecular formula is C17H27N3O4S. The molecule has 25 heavy (non-hydrogen) atoms. The number of hydrogen-bond donors (Lipinski definition) is 3. The number of carbonyl (C=O) groups is 3. The first-order valence-electron chi connectivity index (χ1n) is 8.85. The van der Waals surface area contributed by atoms with Crippen molar-refractivity contribution in [3.8, 4) is 0 Å². The van der Waals surface area contributed by atoms with Crippen LogP contribution in [0.5, 0.6) is 0 Å². The maximum Gasteiger partial charge on any atom is 0.244 e. The Labute approximate surface area is 152 Å². The van der Waals surface area contributed by atoms with Gasteiger partial charge in [0.2, 0.25) is 17.7 Å². The molecule has 2 unspecified atom stereocenters. The van der Waals surface area contributed by atoms with E-state index >= 15 is 0 Å². The summed E-state index contributed by atoms with van der Waals surface area (Å²) in [7, 11) is 1.59. The highest BCUT2D eigenvalue weighted by atomic mass is 32.2. The summed E-state index contributed by atoms with van der Waals surface area (Å²) in [5.41, 5.74) is 0. The molecule has 0 aromatic rings. The molecule has 3 N–H and O–H groups in total. The second-order valence-corrected chi connectivity index (χ2v) is 9.66. The van der Waals surface area contributed by atoms with Gasteiger partial charge in [0.15, 0.2) is 0 Å². The van der Waals surface area contributed by atoms with E-state index in [-0.39, 0.29) is 41.7 Å². The zero-order valence-electron chi connectivity index (χ0n) is 15.2. The quantitative estimate of drug-likeness (QED) is 0.620. The summed E-state index contributed by atoms with van der Waals surface area (Å²) in [4.78, 5) is 40.2. The van der Waals surface area contributed by atoms with E-state index in [0.29, 0.717) is 0 Å². The maximum absolute atomic E-state index is 13.2. The molecule has 3 aliphatic heterocycles. The van der Waals surface area contributed by atoms with Gasteiger partial charge in [0.25, 0.3) is 0 Å². The number of aliphatic hydroxyl groups is 1. The summed E-state index contributed by atoms with van der Waals surface area (Å²) >= 11 is 1.63. The van der Waals surface area contributed by atoms with E-state index < -0.39 is 22.6 Å². The lowest BCUT2D eigenvalue weighted by molar-refractivity contribution is -0.141. The van der Waals surface area contributed by atoms with Crippen LogP contribution in [-0.2, 0) is 14.4 Å². The summed E-state index contributed by atoms with van der Waals surface area (Å²) in [6, 6.07) is -0.677. The van der Waals surface area contributed by atoms with Gasteiger partial charge in [-0.15, -0.1) is 11.8 Å². The van der Waals surface area contributed by atoms with E-state index in [2.05, 4.69) is 10.6 Å². The Hall–Kier alpha value is -1.28. The Morgan fingerprint density at radius 3 is 2.60 bits per heavy atom. The monoisotopic (exact) mass is 369 g/mol. The van der Waals surface area contributed by atoms with Crippen molar-refractivity contribution in [2.24, 2.45) is 11.8 Å². The van der Waals surface area contributed by atoms with Crippen LogP contribution in [0.4, 0.5) is 0 Å². The Kier molecular flexibility index (Phi) is 4.56. The van der Waals surface area contributed by atoms with Gasteiger partial charge >= 0.3 is 0 Å². The van der Waals surface area contributed by atoms with E-state index in [1.807, 2.05) is 20.8 Å². The van der Waals surface area contributed by atoms with Gasteiger partial charge in [-0.05, 0) is 33.6 Å². The van der Waals surface area contributed by atoms with Gasteiger partial charge in [-0.3, -0.25) is 14.4 Å². The second-order valence-electron chi connectivity index (χ2n) is 7.76. The van der Waals surface area contributed by atoms with Gasteiger partial charge in [-0.1, -0.05) is 0 Å². The van der Waals surface area contributed by atoms with Crippen molar-refractivity contribution in [1.82, 2.24) is 15.5 Å². The van der Waals surface area contributed by atoms with E-state index in [0.717, 1.165) is 12.8 Å². The summed E-state index contributed by atoms with van der Waals surface area (Å²) in [6.45, 7) is 5.71. The third-order valence-electron chi connectivity index (χ3n) is 5.83. The Morgan fingerprint density at radius 1 is 1.36 bits per heavy atom. The number of thioether (sulfide) groups is 1. The predicted octanol–water partition coefficient (Wildman–Crippen LogP) is -0.269. The zero-order valence-corrected chi connectivity index (χ0v) is 16.0. The molecule has 0 radical (unpaired) electrons. The Balaban J connectivity index is 2.05. The number of nitrogens with one attached hydrogen (secondary N) is 2. The van der Waals surface area contributed by atoms with Crippen molar-refractivity contribution in [1.29, 1.82) is 0 Å². The maximum atomic E-state index is 13.2. The van der Waals surface area contributed by atoms with Crippen LogP contribution in [0.2, 0.25) is 0 Å². The molecule has 3 amide bonds. The molecule has 0 aliphatic carbocycles. The molecule has 3 fully saturated rings. The van der Waals surface area contributed by atoms with Gasteiger partial charge in [0.1, 0.15) is 6.04 Å². The Bertz CT molecular complexity index is 613. The molecule has 0 aromatic carbocycles. The molecule has 8 heteroatoms. The molecule has 7 nitrogen and oxygen atoms in total. The summed E-state index contributed by atoms with van der Waals surface area (Å²) in [5, 5.41) is 15.0. The minimum atomic E-state index is -0.638. The van der Waals surface area contributed by atoms with Gasteiger partial charge in [0.05, 0.1) is 23.2 Å². The number of likely N-dealkylation sites (tertiary alicyclic amines) is 1. The minimum absolute atomic E-state index is 0.0389. The molecule has 3 rings (SSSR count). The van der Waals surface area contributed by atoms with Crippen molar-refractivity contribution in [2.45, 2.75) is 55.2 Å². The SMILES string of the molecule is CNC(=O)[C@@H]1[C@H]2C(=O)N(CCO)C(C(=O)NC(C)C)C23CC[C@@]1(C)S3. The standard InChI is InChI=1S/C17H27N3O4S/c1-9(2)19-14(23)12-17-6-5-16(3,25-17)10(13(22)18-4)11(17)15(24)20(12)7-8-21/h9-12,21H,5-8H2,1-4H3,(H,18,22)(H,19,23)/t10-,11-,12?,16+,17?/m0/s1. The lowest BCUT2D eigenvalue weighted by Gasteiger charge is -2.34. The van der Waals surface area contributed by atoms with Crippen LogP contribution in [0.3, 0.4) is 0 Å². The first kappa shape index (κ1) is 18.5. The molecule has 140 valence electrons. The van der Waals surface area contributed by atoms with Crippen LogP contribution < -0.4 is 10.6 Å². The van der Waals surface area contributed by atoms with Gasteiger partial charge in [0, 0.05) is 24.4 Å². The summed E-state index contributed by atoms with van der Waals surface area (Å²) in [6.07, 6.45) is 1.54. The van der Waals surface area contributed by atoms with Crippen LogP contribution in [0.25, 0.3) is 0 Å². The zero-order chi connectivity index (χ0) is 18.6. The van der Waals surface area contributed by atoms with E-state index in [9.17, 15) is 19.5 Å². The first-order chi connectivity index (χ1) is 11.7. The van der Waals surface area contributed by atoms with Crippen molar-refractivity contribution in [3.63, 3.8) is 0 Å². The summed E-state index contributed by atoms with van der Waals surface area (Å²) in [5.74, 6) is -1.45. The first-order valence-corrected chi connectivity index (χ1v) is 9.67. The van der Waals surface area contributed by atoms with Gasteiger partial charge in [-0.25, -0.2) is 0 Å². The average Bonchev–Trinajstić information content (AvgIpc) is 3.08. The fourth-order valence-corrected chi connectivity index (χ4v) is 7.35. The number of nitrogens with zero attached hydrogens (tertiary/aromatic N) is 1. The van der Waals surface area contributed by atoms with Crippen LogP contribution in [0.1, 0.15) is 33.6 Å². The average molecular weight is 369 g/mol. The molecule has 3 aliphatic rings. The Morgan fingerprint density at radius 2 is 2.04 bits per heavy atom. The third-order valence-corrected chi connectivity index (χ3v) is 7.81. The minimum Gasteiger partial charge on any atom is -0.395 e. The van der Waals surface area contributed by atoms with Crippen LogP contribution in [0, 0.1) is 11.8 Å². The van der Waals surface area contributed by atoms with Crippen molar-refractivity contribution in [2.75, 3.05) is 20.2 Å². The molecule has 3 saturated heterocycles. The molecule has 1 spiro atoms. The number of aliphatic hydroxyl groups excluding tert-OH is 1. The molecular weight excluding hydrogens is 342 g/mol. The molecule has 2 bridgehead atoms. The van der Waals surface area contributed by atoms with Gasteiger partial charge < -0.3 is 20.6 Å². The third kappa shape index (κ3) is 2.48. The largest absolute Gasteiger partial charge is 0.395 e. The van der Waals surface area contributed by atoms with Crippen LogP contribution in [-0.4, -0.2) is 69.5 Å². The number of carbonyl (C=O) groups excluding carboxylic acids is 3. The lowest BCUT2D eigenvalue weighted by Crippen LogP contribution is -2.55. The predicted molar refractivity (Wildman–Crippen MR) is 94.9 cm³/mol. The number of fused-ring (bicyclic) bond motifs is 1. The smallest absolute Gasteiger partial charge is 0.244 e. The number of hydrogen-bond acceptors (Lipinski definition) is 5. The normalized spacial score (nSPS) is 39.0. The highest BCUT2D eigenvalue weighted by Crippen LogP contribution is 2.71. The van der Waals surface area contributed by atoms with Crippen LogP contribution >= 0.6 is 11.8 Å².